The van der Waals surface area contributed by atoms with Gasteiger partial charge in [-0.1, -0.05) is 57.3 Å². The summed E-state index contributed by atoms with van der Waals surface area (Å²) in [5.74, 6) is 0. The average Bonchev–Trinajstić information content (AvgIpc) is 2.58. The molecule has 0 aliphatic carbocycles. The predicted octanol–water partition coefficient (Wildman–Crippen LogP) is 6.14. The molecule has 84 valence electrons. The molecule has 0 spiro atoms. The van der Waals surface area contributed by atoms with E-state index in [9.17, 15) is 0 Å². The largest absolute Gasteiger partial charge is 0.111 e. The summed E-state index contributed by atoms with van der Waals surface area (Å²) in [6.45, 7) is 0. The highest BCUT2D eigenvalue weighted by molar-refractivity contribution is 14.1. The average molecular weight is 448 g/mol. The molecular weight excluding hydrogens is 442 g/mol. The van der Waals surface area contributed by atoms with Gasteiger partial charge in [0, 0.05) is 9.13 Å². The minimum atomic E-state index is 0.0943. The summed E-state index contributed by atoms with van der Waals surface area (Å²) in [7, 11) is 0. The van der Waals surface area contributed by atoms with Crippen molar-refractivity contribution in [2.75, 3.05) is 0 Å². The zero-order valence-electron chi connectivity index (χ0n) is 7.88. The molecule has 0 bridgehead atoms. The second kappa shape index (κ2) is 5.57. The number of hydrogen-bond acceptors (Lipinski definition) is 1. The molecule has 0 fully saturated rings. The smallest absolute Gasteiger partial charge is 0.0990 e. The van der Waals surface area contributed by atoms with Gasteiger partial charge in [0.15, 0.2) is 0 Å². The molecule has 1 unspecified atom stereocenters. The molecule has 0 amide bonds. The van der Waals surface area contributed by atoms with Crippen molar-refractivity contribution in [3.8, 4) is 0 Å². The lowest BCUT2D eigenvalue weighted by Gasteiger charge is -2.11. The van der Waals surface area contributed by atoms with Crippen LogP contribution in [-0.2, 0) is 0 Å². The third kappa shape index (κ3) is 2.75. The summed E-state index contributed by atoms with van der Waals surface area (Å²) in [6.07, 6.45) is 0. The molecule has 1 aromatic heterocycles. The summed E-state index contributed by atoms with van der Waals surface area (Å²) < 4.78 is 2.67. The van der Waals surface area contributed by atoms with Crippen molar-refractivity contribution < 1.29 is 0 Å². The maximum atomic E-state index is 6.14. The van der Waals surface area contributed by atoms with Crippen molar-refractivity contribution in [3.63, 3.8) is 0 Å². The first kappa shape index (κ1) is 13.1. The van der Waals surface area contributed by atoms with E-state index in [1.165, 1.54) is 20.5 Å². The number of alkyl halides is 1. The Balaban J connectivity index is 2.43. The van der Waals surface area contributed by atoms with Crippen molar-refractivity contribution in [2.24, 2.45) is 0 Å². The van der Waals surface area contributed by atoms with Gasteiger partial charge in [-0.05, 0) is 40.3 Å². The van der Waals surface area contributed by atoms with Crippen molar-refractivity contribution in [1.82, 2.24) is 0 Å². The van der Waals surface area contributed by atoms with Crippen LogP contribution in [0.4, 0.5) is 0 Å². The van der Waals surface area contributed by atoms with Crippen LogP contribution >= 0.6 is 73.1 Å². The first-order valence-corrected chi connectivity index (χ1v) is 7.99. The minimum absolute atomic E-state index is 0.0943. The SMILES string of the molecule is Clc1cc(C(Br)c2ccccc2I)c(Cl)s1. The number of rotatable bonds is 2. The lowest BCUT2D eigenvalue weighted by Crippen LogP contribution is -1.94. The quantitative estimate of drug-likeness (QED) is 0.383. The fourth-order valence-electron chi connectivity index (χ4n) is 1.37. The Hall–Kier alpha value is 0.710. The van der Waals surface area contributed by atoms with Gasteiger partial charge in [0.2, 0.25) is 0 Å². The molecule has 16 heavy (non-hydrogen) atoms. The molecule has 0 aliphatic rings. The van der Waals surface area contributed by atoms with E-state index in [1.54, 1.807) is 0 Å². The molecule has 0 saturated carbocycles. The maximum absolute atomic E-state index is 6.14. The van der Waals surface area contributed by atoms with Crippen LogP contribution in [0, 0.1) is 3.57 Å². The van der Waals surface area contributed by atoms with Crippen LogP contribution < -0.4 is 0 Å². The molecule has 1 aromatic carbocycles. The molecule has 1 atom stereocenters. The Morgan fingerprint density at radius 2 is 1.88 bits per heavy atom. The van der Waals surface area contributed by atoms with E-state index in [4.69, 9.17) is 23.2 Å². The van der Waals surface area contributed by atoms with E-state index in [2.05, 4.69) is 50.7 Å². The van der Waals surface area contributed by atoms with Crippen LogP contribution in [0.5, 0.6) is 0 Å². The van der Waals surface area contributed by atoms with Gasteiger partial charge >= 0.3 is 0 Å². The van der Waals surface area contributed by atoms with Gasteiger partial charge in [-0.25, -0.2) is 0 Å². The molecule has 0 radical (unpaired) electrons. The normalized spacial score (nSPS) is 12.8. The molecule has 0 N–H and O–H groups in total. The summed E-state index contributed by atoms with van der Waals surface area (Å²) in [5, 5.41) is 0. The minimum Gasteiger partial charge on any atom is -0.111 e. The lowest BCUT2D eigenvalue weighted by atomic mass is 10.1. The van der Waals surface area contributed by atoms with Crippen LogP contribution in [0.1, 0.15) is 16.0 Å². The number of halogens is 4. The van der Waals surface area contributed by atoms with E-state index in [0.717, 1.165) is 14.2 Å². The molecule has 2 rings (SSSR count). The zero-order valence-corrected chi connectivity index (χ0v) is 14.0. The standard InChI is InChI=1S/C11H6BrCl2IS/c12-10(6-3-1-2-4-8(6)15)7-5-9(13)16-11(7)14/h1-5,10H. The first-order valence-electron chi connectivity index (χ1n) is 4.43. The van der Waals surface area contributed by atoms with Crippen molar-refractivity contribution in [3.05, 3.63) is 53.7 Å². The summed E-state index contributed by atoms with van der Waals surface area (Å²) in [6, 6.07) is 10.1. The zero-order chi connectivity index (χ0) is 11.7. The van der Waals surface area contributed by atoms with Crippen LogP contribution in [0.25, 0.3) is 0 Å². The Labute approximate surface area is 130 Å². The van der Waals surface area contributed by atoms with Crippen molar-refractivity contribution in [2.45, 2.75) is 4.83 Å². The van der Waals surface area contributed by atoms with E-state index < -0.39 is 0 Å². The Kier molecular flexibility index (Phi) is 4.58. The fraction of sp³-hybridized carbons (Fsp3) is 0.0909. The second-order valence-electron chi connectivity index (χ2n) is 3.16. The van der Waals surface area contributed by atoms with E-state index in [-0.39, 0.29) is 4.83 Å². The molecule has 0 aliphatic heterocycles. The molecular formula is C11H6BrCl2IS. The lowest BCUT2D eigenvalue weighted by molar-refractivity contribution is 1.18. The second-order valence-corrected chi connectivity index (χ2v) is 7.53. The van der Waals surface area contributed by atoms with Crippen LogP contribution in [0.15, 0.2) is 30.3 Å². The van der Waals surface area contributed by atoms with E-state index >= 15 is 0 Å². The summed E-state index contributed by atoms with van der Waals surface area (Å²) in [5.41, 5.74) is 2.24. The molecule has 0 nitrogen and oxygen atoms in total. The fourth-order valence-corrected chi connectivity index (χ4v) is 5.08. The highest BCUT2D eigenvalue weighted by atomic mass is 127. The third-order valence-corrected chi connectivity index (χ3v) is 5.62. The van der Waals surface area contributed by atoms with Gasteiger partial charge in [-0.2, -0.15) is 0 Å². The van der Waals surface area contributed by atoms with Gasteiger partial charge in [-0.15, -0.1) is 11.3 Å². The highest BCUT2D eigenvalue weighted by Gasteiger charge is 2.18. The molecule has 1 heterocycles. The number of hydrogen-bond donors (Lipinski definition) is 0. The van der Waals surface area contributed by atoms with Gasteiger partial charge in [0.1, 0.15) is 0 Å². The van der Waals surface area contributed by atoms with Gasteiger partial charge in [0.25, 0.3) is 0 Å². The highest BCUT2D eigenvalue weighted by Crippen LogP contribution is 2.42. The number of benzene rings is 1. The Morgan fingerprint density at radius 1 is 1.19 bits per heavy atom. The summed E-state index contributed by atoms with van der Waals surface area (Å²) in [4.78, 5) is 0.0943. The van der Waals surface area contributed by atoms with Crippen LogP contribution in [0.2, 0.25) is 8.67 Å². The van der Waals surface area contributed by atoms with Crippen LogP contribution in [-0.4, -0.2) is 0 Å². The predicted molar refractivity (Wildman–Crippen MR) is 84.3 cm³/mol. The molecule has 5 heteroatoms. The number of thiophene rings is 1. The van der Waals surface area contributed by atoms with E-state index in [0.29, 0.717) is 0 Å². The first-order chi connectivity index (χ1) is 7.59. The Morgan fingerprint density at radius 3 is 2.44 bits per heavy atom. The molecule has 2 aromatic rings. The third-order valence-electron chi connectivity index (χ3n) is 2.13. The summed E-state index contributed by atoms with van der Waals surface area (Å²) >= 11 is 19.5. The van der Waals surface area contributed by atoms with Crippen LogP contribution in [0.3, 0.4) is 0 Å². The van der Waals surface area contributed by atoms with Gasteiger partial charge in [0.05, 0.1) is 13.5 Å². The van der Waals surface area contributed by atoms with Crippen molar-refractivity contribution >= 4 is 73.1 Å². The van der Waals surface area contributed by atoms with Crippen molar-refractivity contribution in [1.29, 1.82) is 0 Å². The van der Waals surface area contributed by atoms with Gasteiger partial charge in [-0.3, -0.25) is 0 Å². The monoisotopic (exact) mass is 446 g/mol. The Bertz CT molecular complexity index is 512. The topological polar surface area (TPSA) is 0 Å². The van der Waals surface area contributed by atoms with E-state index in [1.807, 2.05) is 18.2 Å². The molecule has 0 saturated heterocycles. The van der Waals surface area contributed by atoms with Gasteiger partial charge < -0.3 is 0 Å². The maximum Gasteiger partial charge on any atom is 0.0990 e.